The predicted octanol–water partition coefficient (Wildman–Crippen LogP) is 4.16. The standard InChI is InChI=1S/C22H20F6N6O/c1-21(2)20-32-17(11-3-4-12(23)14(25)9-11)19(33(20)7-8-34(21)16(35)10-29)31-15-6-5-13(24)18(30-15)22(26,27)28/h3-6,9H,7-8,10,29H2,1-2H3,(H,30,31). The fourth-order valence-corrected chi connectivity index (χ4v) is 4.09. The number of nitrogens with two attached hydrogens (primary N) is 1. The van der Waals surface area contributed by atoms with Gasteiger partial charge in [-0.05, 0) is 44.2 Å². The molecule has 186 valence electrons. The van der Waals surface area contributed by atoms with E-state index in [1.165, 1.54) is 11.0 Å². The van der Waals surface area contributed by atoms with Crippen molar-refractivity contribution < 1.29 is 31.1 Å². The van der Waals surface area contributed by atoms with Gasteiger partial charge in [0.25, 0.3) is 0 Å². The van der Waals surface area contributed by atoms with E-state index in [1.807, 2.05) is 0 Å². The van der Waals surface area contributed by atoms with E-state index in [0.717, 1.165) is 18.2 Å². The van der Waals surface area contributed by atoms with Gasteiger partial charge in [-0.2, -0.15) is 13.2 Å². The predicted molar refractivity (Wildman–Crippen MR) is 114 cm³/mol. The molecular weight excluding hydrogens is 478 g/mol. The lowest BCUT2D eigenvalue weighted by molar-refractivity contribution is -0.143. The number of alkyl halides is 3. The van der Waals surface area contributed by atoms with Gasteiger partial charge in [-0.3, -0.25) is 4.79 Å². The lowest BCUT2D eigenvalue weighted by atomic mass is 9.99. The van der Waals surface area contributed by atoms with Crippen LogP contribution in [0.2, 0.25) is 0 Å². The second kappa shape index (κ2) is 8.56. The van der Waals surface area contributed by atoms with Crippen molar-refractivity contribution >= 4 is 17.5 Å². The first kappa shape index (κ1) is 24.5. The Labute approximate surface area is 195 Å². The first-order valence-corrected chi connectivity index (χ1v) is 10.4. The number of benzene rings is 1. The molecule has 1 amide bonds. The van der Waals surface area contributed by atoms with Crippen LogP contribution in [0, 0.1) is 17.5 Å². The quantitative estimate of drug-likeness (QED) is 0.528. The van der Waals surface area contributed by atoms with Crippen LogP contribution in [-0.2, 0) is 23.1 Å². The van der Waals surface area contributed by atoms with Crippen molar-refractivity contribution in [2.45, 2.75) is 32.1 Å². The number of hydrogen-bond donors (Lipinski definition) is 2. The minimum atomic E-state index is -5.04. The molecule has 7 nitrogen and oxygen atoms in total. The highest BCUT2D eigenvalue weighted by molar-refractivity contribution is 5.80. The number of imidazole rings is 1. The number of anilines is 2. The van der Waals surface area contributed by atoms with Crippen molar-refractivity contribution in [3.8, 4) is 11.3 Å². The minimum absolute atomic E-state index is 0.0775. The molecule has 0 atom stereocenters. The molecule has 13 heteroatoms. The summed E-state index contributed by atoms with van der Waals surface area (Å²) in [4.78, 5) is 21.8. The molecule has 0 saturated carbocycles. The van der Waals surface area contributed by atoms with E-state index in [-0.39, 0.29) is 48.4 Å². The Balaban J connectivity index is 1.89. The molecule has 2 aromatic heterocycles. The largest absolute Gasteiger partial charge is 0.436 e. The van der Waals surface area contributed by atoms with Crippen molar-refractivity contribution in [1.82, 2.24) is 19.4 Å². The van der Waals surface area contributed by atoms with E-state index in [1.54, 1.807) is 18.4 Å². The van der Waals surface area contributed by atoms with Gasteiger partial charge >= 0.3 is 6.18 Å². The molecule has 4 rings (SSSR count). The van der Waals surface area contributed by atoms with E-state index in [4.69, 9.17) is 5.73 Å². The number of carbonyl (C=O) groups is 1. The summed E-state index contributed by atoms with van der Waals surface area (Å²) in [5.41, 5.74) is 3.01. The fraction of sp³-hybridized carbons (Fsp3) is 0.318. The molecule has 0 bridgehead atoms. The number of hydrogen-bond acceptors (Lipinski definition) is 5. The molecule has 0 unspecified atom stereocenters. The minimum Gasteiger partial charge on any atom is -0.327 e. The number of nitrogens with one attached hydrogen (secondary N) is 1. The van der Waals surface area contributed by atoms with E-state index < -0.39 is 34.9 Å². The lowest BCUT2D eigenvalue weighted by Gasteiger charge is -2.42. The van der Waals surface area contributed by atoms with E-state index in [2.05, 4.69) is 15.3 Å². The summed E-state index contributed by atoms with van der Waals surface area (Å²) in [6.45, 7) is 3.52. The van der Waals surface area contributed by atoms with Gasteiger partial charge in [-0.1, -0.05) is 0 Å². The maximum absolute atomic E-state index is 14.0. The molecule has 3 aromatic rings. The second-order valence-electron chi connectivity index (χ2n) is 8.37. The van der Waals surface area contributed by atoms with E-state index in [0.29, 0.717) is 11.9 Å². The van der Waals surface area contributed by atoms with Crippen LogP contribution in [0.5, 0.6) is 0 Å². The average Bonchev–Trinajstić information content (AvgIpc) is 3.15. The lowest BCUT2D eigenvalue weighted by Crippen LogP contribution is -2.53. The Morgan fingerprint density at radius 1 is 1.06 bits per heavy atom. The molecule has 0 aliphatic carbocycles. The molecule has 1 aliphatic heterocycles. The first-order chi connectivity index (χ1) is 16.3. The summed E-state index contributed by atoms with van der Waals surface area (Å²) in [5.74, 6) is -4.04. The average molecular weight is 498 g/mol. The van der Waals surface area contributed by atoms with Crippen LogP contribution < -0.4 is 11.1 Å². The van der Waals surface area contributed by atoms with Gasteiger partial charge in [0.15, 0.2) is 23.1 Å². The number of carbonyl (C=O) groups excluding carboxylic acids is 1. The summed E-state index contributed by atoms with van der Waals surface area (Å²) in [5, 5.41) is 2.73. The van der Waals surface area contributed by atoms with E-state index >= 15 is 0 Å². The smallest absolute Gasteiger partial charge is 0.327 e. The van der Waals surface area contributed by atoms with Crippen LogP contribution >= 0.6 is 0 Å². The van der Waals surface area contributed by atoms with Gasteiger partial charge in [-0.15, -0.1) is 0 Å². The number of amides is 1. The molecular formula is C22H20F6N6O. The number of pyridine rings is 1. The van der Waals surface area contributed by atoms with Crippen LogP contribution in [-0.4, -0.2) is 38.4 Å². The van der Waals surface area contributed by atoms with Crippen molar-refractivity contribution in [2.75, 3.05) is 18.4 Å². The normalized spacial score (nSPS) is 15.2. The van der Waals surface area contributed by atoms with Gasteiger partial charge in [0.1, 0.15) is 23.2 Å². The van der Waals surface area contributed by atoms with Gasteiger partial charge in [0, 0.05) is 18.7 Å². The second-order valence-corrected chi connectivity index (χ2v) is 8.37. The highest BCUT2D eigenvalue weighted by Crippen LogP contribution is 2.40. The molecule has 3 heterocycles. The molecule has 0 radical (unpaired) electrons. The third-order valence-electron chi connectivity index (χ3n) is 5.77. The number of rotatable bonds is 4. The third-order valence-corrected chi connectivity index (χ3v) is 5.77. The molecule has 0 saturated heterocycles. The van der Waals surface area contributed by atoms with Crippen LogP contribution in [0.4, 0.5) is 38.0 Å². The summed E-state index contributed by atoms with van der Waals surface area (Å²) >= 11 is 0. The summed E-state index contributed by atoms with van der Waals surface area (Å²) < 4.78 is 82.5. The van der Waals surface area contributed by atoms with Gasteiger partial charge in [0.2, 0.25) is 5.91 Å². The number of halogens is 6. The molecule has 35 heavy (non-hydrogen) atoms. The summed E-state index contributed by atoms with van der Waals surface area (Å²) in [6, 6.07) is 4.67. The van der Waals surface area contributed by atoms with E-state index in [9.17, 15) is 31.1 Å². The Morgan fingerprint density at radius 2 is 1.74 bits per heavy atom. The first-order valence-electron chi connectivity index (χ1n) is 10.4. The SMILES string of the molecule is CC1(C)c2nc(-c3ccc(F)c(F)c3)c(Nc3ccc(F)c(C(F)(F)F)n3)n2CCN1C(=O)CN. The maximum atomic E-state index is 14.0. The molecule has 1 aliphatic rings. The zero-order chi connectivity index (χ0) is 25.7. The van der Waals surface area contributed by atoms with Gasteiger partial charge in [0.05, 0.1) is 12.1 Å². The maximum Gasteiger partial charge on any atom is 0.436 e. The Bertz CT molecular complexity index is 1300. The highest BCUT2D eigenvalue weighted by Gasteiger charge is 2.41. The van der Waals surface area contributed by atoms with Gasteiger partial charge in [-0.25, -0.2) is 23.1 Å². The van der Waals surface area contributed by atoms with Crippen LogP contribution in [0.3, 0.4) is 0 Å². The number of nitrogens with zero attached hydrogens (tertiary/aromatic N) is 4. The fourth-order valence-electron chi connectivity index (χ4n) is 4.09. The number of fused-ring (bicyclic) bond motifs is 1. The zero-order valence-electron chi connectivity index (χ0n) is 18.6. The summed E-state index contributed by atoms with van der Waals surface area (Å²) in [6.07, 6.45) is -5.04. The number of aromatic nitrogens is 3. The molecule has 1 aromatic carbocycles. The Hall–Kier alpha value is -3.61. The molecule has 0 fully saturated rings. The zero-order valence-corrected chi connectivity index (χ0v) is 18.6. The van der Waals surface area contributed by atoms with Crippen LogP contribution in [0.1, 0.15) is 25.4 Å². The third kappa shape index (κ3) is 4.31. The van der Waals surface area contributed by atoms with Crippen LogP contribution in [0.25, 0.3) is 11.3 Å². The van der Waals surface area contributed by atoms with Crippen LogP contribution in [0.15, 0.2) is 30.3 Å². The van der Waals surface area contributed by atoms with Crippen molar-refractivity contribution in [3.63, 3.8) is 0 Å². The highest BCUT2D eigenvalue weighted by atomic mass is 19.4. The Kier molecular flexibility index (Phi) is 5.99. The molecule has 0 spiro atoms. The summed E-state index contributed by atoms with van der Waals surface area (Å²) in [7, 11) is 0. The van der Waals surface area contributed by atoms with Gasteiger partial charge < -0.3 is 20.5 Å². The molecule has 3 N–H and O–H groups in total. The van der Waals surface area contributed by atoms with Crippen molar-refractivity contribution in [1.29, 1.82) is 0 Å². The monoisotopic (exact) mass is 498 g/mol. The van der Waals surface area contributed by atoms with Crippen molar-refractivity contribution in [2.24, 2.45) is 5.73 Å². The van der Waals surface area contributed by atoms with Crippen molar-refractivity contribution in [3.05, 3.63) is 59.3 Å². The topological polar surface area (TPSA) is 89.1 Å². The Morgan fingerprint density at radius 3 is 2.37 bits per heavy atom.